The molecule has 10 heteroatoms. The minimum atomic E-state index is -4.64. The summed E-state index contributed by atoms with van der Waals surface area (Å²) in [6, 6.07) is 5.04. The predicted molar refractivity (Wildman–Crippen MR) is 106 cm³/mol. The van der Waals surface area contributed by atoms with E-state index in [2.05, 4.69) is 9.88 Å². The van der Waals surface area contributed by atoms with Crippen LogP contribution in [0.15, 0.2) is 36.7 Å². The summed E-state index contributed by atoms with van der Waals surface area (Å²) in [7, 11) is 0. The number of rotatable bonds is 4. The highest BCUT2D eigenvalue weighted by Crippen LogP contribution is 2.38. The number of amides is 1. The van der Waals surface area contributed by atoms with E-state index in [1.165, 1.54) is 6.07 Å². The van der Waals surface area contributed by atoms with Crippen molar-refractivity contribution in [3.8, 4) is 0 Å². The van der Waals surface area contributed by atoms with Gasteiger partial charge in [0.15, 0.2) is 0 Å². The minimum absolute atomic E-state index is 0.0630. The smallest absolute Gasteiger partial charge is 0.397 e. The zero-order chi connectivity index (χ0) is 21.2. The number of hydrogen-bond donors (Lipinski definition) is 2. The lowest BCUT2D eigenvalue weighted by molar-refractivity contribution is -0.137. The lowest BCUT2D eigenvalue weighted by atomic mass is 10.0. The van der Waals surface area contributed by atoms with Gasteiger partial charge in [-0.3, -0.25) is 9.78 Å². The Balaban J connectivity index is 1.64. The minimum Gasteiger partial charge on any atom is -0.397 e. The van der Waals surface area contributed by atoms with Crippen molar-refractivity contribution >= 4 is 28.9 Å². The van der Waals surface area contributed by atoms with E-state index < -0.39 is 23.5 Å². The Morgan fingerprint density at radius 3 is 2.38 bits per heavy atom. The van der Waals surface area contributed by atoms with E-state index in [1.54, 1.807) is 17.3 Å². The number of halogens is 4. The normalized spacial score (nSPS) is 16.0. The molecule has 1 saturated heterocycles. The molecule has 0 spiro atoms. The van der Waals surface area contributed by atoms with Crippen molar-refractivity contribution in [3.05, 3.63) is 52.8 Å². The highest BCUT2D eigenvalue weighted by Gasteiger charge is 2.34. The van der Waals surface area contributed by atoms with E-state index in [4.69, 9.17) is 23.1 Å². The van der Waals surface area contributed by atoms with Crippen LogP contribution >= 0.6 is 11.6 Å². The first-order valence-corrected chi connectivity index (χ1v) is 9.39. The van der Waals surface area contributed by atoms with Gasteiger partial charge in [0.05, 0.1) is 22.3 Å². The molecule has 1 aromatic heterocycles. The van der Waals surface area contributed by atoms with Crippen LogP contribution in [0.5, 0.6) is 0 Å². The van der Waals surface area contributed by atoms with Gasteiger partial charge in [-0.1, -0.05) is 11.6 Å². The third-order valence-corrected chi connectivity index (χ3v) is 5.20. The first kappa shape index (κ1) is 21.2. The maximum Gasteiger partial charge on any atom is 0.418 e. The van der Waals surface area contributed by atoms with Crippen LogP contribution in [0.3, 0.4) is 0 Å². The van der Waals surface area contributed by atoms with Crippen LogP contribution in [-0.2, 0) is 17.4 Å². The number of hydrogen-bond acceptors (Lipinski definition) is 5. The molecule has 1 aliphatic heterocycles. The Labute approximate surface area is 171 Å². The van der Waals surface area contributed by atoms with E-state index >= 15 is 0 Å². The molecule has 1 atom stereocenters. The number of aromatic nitrogens is 1. The maximum atomic E-state index is 13.1. The number of piperazine rings is 1. The zero-order valence-electron chi connectivity index (χ0n) is 15.5. The van der Waals surface area contributed by atoms with Crippen LogP contribution in [-0.4, -0.2) is 48.0 Å². The Hall–Kier alpha value is -2.52. The number of anilines is 2. The van der Waals surface area contributed by atoms with Gasteiger partial charge in [-0.25, -0.2) is 0 Å². The molecule has 4 N–H and O–H groups in total. The van der Waals surface area contributed by atoms with Crippen LogP contribution in [0.4, 0.5) is 24.5 Å². The van der Waals surface area contributed by atoms with Crippen molar-refractivity contribution in [1.82, 2.24) is 9.88 Å². The molecule has 1 aromatic carbocycles. The summed E-state index contributed by atoms with van der Waals surface area (Å²) < 4.78 is 39.4. The SMILES string of the molecule is Nc1c(Cl)cc(C[C@@H](N)C(=O)N2CCN(c3ccncc3)CC2)cc1C(F)(F)F. The third-order valence-electron chi connectivity index (χ3n) is 4.89. The number of nitrogens with two attached hydrogens (primary N) is 2. The fourth-order valence-electron chi connectivity index (χ4n) is 3.34. The van der Waals surface area contributed by atoms with Gasteiger partial charge < -0.3 is 21.3 Å². The van der Waals surface area contributed by atoms with Crippen LogP contribution in [0.2, 0.25) is 5.02 Å². The van der Waals surface area contributed by atoms with Gasteiger partial charge in [-0.05, 0) is 36.2 Å². The molecule has 1 amide bonds. The van der Waals surface area contributed by atoms with Crippen molar-refractivity contribution in [1.29, 1.82) is 0 Å². The molecule has 0 aliphatic carbocycles. The van der Waals surface area contributed by atoms with E-state index in [0.717, 1.165) is 11.8 Å². The molecular formula is C19H21ClF3N5O. The van der Waals surface area contributed by atoms with Crippen LogP contribution < -0.4 is 16.4 Å². The molecule has 2 aromatic rings. The van der Waals surface area contributed by atoms with Gasteiger partial charge in [-0.2, -0.15) is 13.2 Å². The van der Waals surface area contributed by atoms with Crippen molar-refractivity contribution < 1.29 is 18.0 Å². The van der Waals surface area contributed by atoms with E-state index in [1.807, 2.05) is 12.1 Å². The average Bonchev–Trinajstić information content (AvgIpc) is 2.70. The van der Waals surface area contributed by atoms with E-state index in [-0.39, 0.29) is 22.9 Å². The summed E-state index contributed by atoms with van der Waals surface area (Å²) in [6.07, 6.45) is -1.29. The Morgan fingerprint density at radius 1 is 1.17 bits per heavy atom. The first-order valence-electron chi connectivity index (χ1n) is 9.01. The quantitative estimate of drug-likeness (QED) is 0.732. The van der Waals surface area contributed by atoms with Crippen molar-refractivity contribution in [2.75, 3.05) is 36.8 Å². The standard InChI is InChI=1S/C19H21ClF3N5O/c20-15-10-12(9-14(17(15)25)19(21,22)23)11-16(24)18(29)28-7-5-27(6-8-28)13-1-3-26-4-2-13/h1-4,9-10,16H,5-8,11,24-25H2/t16-/m1/s1. The lowest BCUT2D eigenvalue weighted by Gasteiger charge is -2.37. The van der Waals surface area contributed by atoms with Gasteiger partial charge in [0.25, 0.3) is 0 Å². The molecule has 0 bridgehead atoms. The number of nitrogen functional groups attached to an aromatic ring is 1. The van der Waals surface area contributed by atoms with Gasteiger partial charge in [-0.15, -0.1) is 0 Å². The lowest BCUT2D eigenvalue weighted by Crippen LogP contribution is -2.53. The molecular weight excluding hydrogens is 407 g/mol. The molecule has 0 saturated carbocycles. The number of nitrogens with zero attached hydrogens (tertiary/aromatic N) is 3. The summed E-state index contributed by atoms with van der Waals surface area (Å²) in [5.41, 5.74) is 11.1. The summed E-state index contributed by atoms with van der Waals surface area (Å²) in [4.78, 5) is 20.4. The molecule has 0 radical (unpaired) electrons. The number of pyridine rings is 1. The average molecular weight is 428 g/mol. The number of carbonyl (C=O) groups is 1. The summed E-state index contributed by atoms with van der Waals surface area (Å²) in [5, 5.41) is -0.208. The third kappa shape index (κ3) is 4.91. The van der Waals surface area contributed by atoms with Crippen LogP contribution in [0, 0.1) is 0 Å². The monoisotopic (exact) mass is 427 g/mol. The Kier molecular flexibility index (Phi) is 6.18. The summed E-state index contributed by atoms with van der Waals surface area (Å²) >= 11 is 5.84. The predicted octanol–water partition coefficient (Wildman–Crippen LogP) is 2.55. The first-order chi connectivity index (χ1) is 13.7. The van der Waals surface area contributed by atoms with Crippen molar-refractivity contribution in [2.45, 2.75) is 18.6 Å². The summed E-state index contributed by atoms with van der Waals surface area (Å²) in [5.74, 6) is -0.305. The second kappa shape index (κ2) is 8.46. The molecule has 6 nitrogen and oxygen atoms in total. The molecule has 29 heavy (non-hydrogen) atoms. The Morgan fingerprint density at radius 2 is 1.79 bits per heavy atom. The molecule has 0 unspecified atom stereocenters. The Bertz CT molecular complexity index is 870. The molecule has 1 aliphatic rings. The maximum absolute atomic E-state index is 13.1. The second-order valence-electron chi connectivity index (χ2n) is 6.87. The number of carbonyl (C=O) groups excluding carboxylic acids is 1. The highest BCUT2D eigenvalue weighted by molar-refractivity contribution is 6.33. The number of benzene rings is 1. The van der Waals surface area contributed by atoms with Gasteiger partial charge >= 0.3 is 6.18 Å². The topological polar surface area (TPSA) is 88.5 Å². The van der Waals surface area contributed by atoms with Crippen molar-refractivity contribution in [3.63, 3.8) is 0 Å². The van der Waals surface area contributed by atoms with Crippen LogP contribution in [0.1, 0.15) is 11.1 Å². The molecule has 156 valence electrons. The highest BCUT2D eigenvalue weighted by atomic mass is 35.5. The fourth-order valence-corrected chi connectivity index (χ4v) is 3.58. The molecule has 3 rings (SSSR count). The second-order valence-corrected chi connectivity index (χ2v) is 7.27. The molecule has 2 heterocycles. The zero-order valence-corrected chi connectivity index (χ0v) is 16.2. The largest absolute Gasteiger partial charge is 0.418 e. The van der Waals surface area contributed by atoms with Gasteiger partial charge in [0.2, 0.25) is 5.91 Å². The van der Waals surface area contributed by atoms with E-state index in [9.17, 15) is 18.0 Å². The van der Waals surface area contributed by atoms with Crippen LogP contribution in [0.25, 0.3) is 0 Å². The van der Waals surface area contributed by atoms with Gasteiger partial charge in [0.1, 0.15) is 0 Å². The summed E-state index contributed by atoms with van der Waals surface area (Å²) in [6.45, 7) is 2.22. The van der Waals surface area contributed by atoms with Crippen molar-refractivity contribution in [2.24, 2.45) is 5.73 Å². The number of alkyl halides is 3. The fraction of sp³-hybridized carbons (Fsp3) is 0.368. The molecule has 1 fully saturated rings. The van der Waals surface area contributed by atoms with E-state index in [0.29, 0.717) is 26.2 Å². The van der Waals surface area contributed by atoms with Gasteiger partial charge in [0, 0.05) is 44.3 Å².